The second kappa shape index (κ2) is 4.77. The van der Waals surface area contributed by atoms with Gasteiger partial charge in [0.15, 0.2) is 0 Å². The summed E-state index contributed by atoms with van der Waals surface area (Å²) in [5.74, 6) is 0.540. The molecule has 0 bridgehead atoms. The Morgan fingerprint density at radius 3 is 2.75 bits per heavy atom. The smallest absolute Gasteiger partial charge is 0.137 e. The standard InChI is InChI=1S/C15H14N4O/c1-10(20-3)13-4-5-14-15(18-13)6-11(7-16-14)12-8-17-19(2)9-12/h4-9H,1H2,2-3H3. The molecule has 0 radical (unpaired) electrons. The number of hydrogen-bond acceptors (Lipinski definition) is 4. The summed E-state index contributed by atoms with van der Waals surface area (Å²) in [7, 11) is 3.47. The van der Waals surface area contributed by atoms with E-state index in [1.165, 1.54) is 0 Å². The van der Waals surface area contributed by atoms with Crippen LogP contribution in [0.15, 0.2) is 43.4 Å². The zero-order valence-corrected chi connectivity index (χ0v) is 11.4. The molecule has 0 aliphatic heterocycles. The number of rotatable bonds is 3. The van der Waals surface area contributed by atoms with E-state index in [9.17, 15) is 0 Å². The Bertz CT molecular complexity index is 791. The highest BCUT2D eigenvalue weighted by molar-refractivity contribution is 5.81. The molecule has 3 heterocycles. The normalized spacial score (nSPS) is 10.7. The van der Waals surface area contributed by atoms with Crippen LogP contribution in [0.3, 0.4) is 0 Å². The van der Waals surface area contributed by atoms with Gasteiger partial charge in [-0.2, -0.15) is 5.10 Å². The number of fused-ring (bicyclic) bond motifs is 1. The zero-order valence-electron chi connectivity index (χ0n) is 11.4. The lowest BCUT2D eigenvalue weighted by Gasteiger charge is -2.05. The fourth-order valence-electron chi connectivity index (χ4n) is 1.99. The summed E-state index contributed by atoms with van der Waals surface area (Å²) in [6.07, 6.45) is 5.58. The molecule has 100 valence electrons. The van der Waals surface area contributed by atoms with Crippen molar-refractivity contribution >= 4 is 16.8 Å². The van der Waals surface area contributed by atoms with Crippen molar-refractivity contribution in [1.29, 1.82) is 0 Å². The Hall–Kier alpha value is -2.69. The van der Waals surface area contributed by atoms with Crippen LogP contribution in [0.5, 0.6) is 0 Å². The van der Waals surface area contributed by atoms with Crippen LogP contribution >= 0.6 is 0 Å². The number of aryl methyl sites for hydroxylation is 1. The average Bonchev–Trinajstić information content (AvgIpc) is 2.92. The number of methoxy groups -OCH3 is 1. The molecule has 0 amide bonds. The highest BCUT2D eigenvalue weighted by Gasteiger charge is 2.06. The molecule has 0 unspecified atom stereocenters. The lowest BCUT2D eigenvalue weighted by molar-refractivity contribution is 0.370. The van der Waals surface area contributed by atoms with Gasteiger partial charge in [0.2, 0.25) is 0 Å². The Labute approximate surface area is 116 Å². The Morgan fingerprint density at radius 1 is 1.20 bits per heavy atom. The van der Waals surface area contributed by atoms with E-state index in [1.54, 1.807) is 18.0 Å². The molecule has 0 spiro atoms. The molecule has 0 aliphatic rings. The summed E-state index contributed by atoms with van der Waals surface area (Å²) in [4.78, 5) is 8.95. The molecule has 3 aromatic heterocycles. The van der Waals surface area contributed by atoms with Gasteiger partial charge in [0, 0.05) is 30.6 Å². The van der Waals surface area contributed by atoms with Crippen LogP contribution in [0.2, 0.25) is 0 Å². The summed E-state index contributed by atoms with van der Waals surface area (Å²) < 4.78 is 6.87. The van der Waals surface area contributed by atoms with Gasteiger partial charge in [-0.15, -0.1) is 0 Å². The van der Waals surface area contributed by atoms with E-state index >= 15 is 0 Å². The molecule has 0 aromatic carbocycles. The summed E-state index contributed by atoms with van der Waals surface area (Å²) in [6, 6.07) is 5.76. The van der Waals surface area contributed by atoms with Gasteiger partial charge in [-0.25, -0.2) is 4.98 Å². The minimum atomic E-state index is 0.540. The Balaban J connectivity index is 2.11. The summed E-state index contributed by atoms with van der Waals surface area (Å²) in [5.41, 5.74) is 4.36. The van der Waals surface area contributed by atoms with E-state index in [1.807, 2.05) is 37.6 Å². The molecule has 3 rings (SSSR count). The first-order valence-corrected chi connectivity index (χ1v) is 6.16. The SMILES string of the molecule is C=C(OC)c1ccc2ncc(-c3cnn(C)c3)cc2n1. The third kappa shape index (κ3) is 2.14. The van der Waals surface area contributed by atoms with Gasteiger partial charge in [-0.1, -0.05) is 6.58 Å². The maximum absolute atomic E-state index is 5.11. The molecule has 20 heavy (non-hydrogen) atoms. The predicted octanol–water partition coefficient (Wildman–Crippen LogP) is 2.65. The highest BCUT2D eigenvalue weighted by Crippen LogP contribution is 2.22. The van der Waals surface area contributed by atoms with Gasteiger partial charge in [-0.05, 0) is 18.2 Å². The molecule has 5 heteroatoms. The van der Waals surface area contributed by atoms with Crippen molar-refractivity contribution in [3.8, 4) is 11.1 Å². The predicted molar refractivity (Wildman–Crippen MR) is 77.8 cm³/mol. The van der Waals surface area contributed by atoms with E-state index in [0.29, 0.717) is 11.5 Å². The maximum atomic E-state index is 5.11. The number of hydrogen-bond donors (Lipinski definition) is 0. The summed E-state index contributed by atoms with van der Waals surface area (Å²) in [6.45, 7) is 3.82. The number of aromatic nitrogens is 4. The summed E-state index contributed by atoms with van der Waals surface area (Å²) >= 11 is 0. The Morgan fingerprint density at radius 2 is 2.05 bits per heavy atom. The third-order valence-corrected chi connectivity index (χ3v) is 3.11. The van der Waals surface area contributed by atoms with Crippen LogP contribution < -0.4 is 0 Å². The first-order chi connectivity index (χ1) is 9.67. The lowest BCUT2D eigenvalue weighted by atomic mass is 10.1. The molecule has 0 N–H and O–H groups in total. The monoisotopic (exact) mass is 266 g/mol. The summed E-state index contributed by atoms with van der Waals surface area (Å²) in [5, 5.41) is 4.17. The van der Waals surface area contributed by atoms with E-state index in [0.717, 1.165) is 22.2 Å². The van der Waals surface area contributed by atoms with Gasteiger partial charge in [0.1, 0.15) is 11.5 Å². The largest absolute Gasteiger partial charge is 0.495 e. The maximum Gasteiger partial charge on any atom is 0.137 e. The highest BCUT2D eigenvalue weighted by atomic mass is 16.5. The van der Waals surface area contributed by atoms with Crippen molar-refractivity contribution in [1.82, 2.24) is 19.7 Å². The van der Waals surface area contributed by atoms with Crippen molar-refractivity contribution in [2.75, 3.05) is 7.11 Å². The minimum absolute atomic E-state index is 0.540. The van der Waals surface area contributed by atoms with Crippen LogP contribution in [-0.4, -0.2) is 26.9 Å². The zero-order chi connectivity index (χ0) is 14.1. The van der Waals surface area contributed by atoms with Gasteiger partial charge in [0.05, 0.1) is 24.3 Å². The number of pyridine rings is 2. The van der Waals surface area contributed by atoms with Crippen LogP contribution in [0.4, 0.5) is 0 Å². The second-order valence-corrected chi connectivity index (χ2v) is 4.49. The van der Waals surface area contributed by atoms with E-state index < -0.39 is 0 Å². The topological polar surface area (TPSA) is 52.8 Å². The number of ether oxygens (including phenoxy) is 1. The van der Waals surface area contributed by atoms with Crippen molar-refractivity contribution in [2.24, 2.45) is 7.05 Å². The minimum Gasteiger partial charge on any atom is -0.495 e. The molecular weight excluding hydrogens is 252 g/mol. The molecule has 0 saturated heterocycles. The fourth-order valence-corrected chi connectivity index (χ4v) is 1.99. The first kappa shape index (κ1) is 12.3. The van der Waals surface area contributed by atoms with Crippen LogP contribution in [-0.2, 0) is 11.8 Å². The number of nitrogens with zero attached hydrogens (tertiary/aromatic N) is 4. The lowest BCUT2D eigenvalue weighted by Crippen LogP contribution is -1.92. The van der Waals surface area contributed by atoms with E-state index in [-0.39, 0.29) is 0 Å². The molecule has 0 atom stereocenters. The molecule has 0 aliphatic carbocycles. The van der Waals surface area contributed by atoms with Gasteiger partial charge in [-0.3, -0.25) is 9.67 Å². The Kier molecular flexibility index (Phi) is 2.95. The molecule has 5 nitrogen and oxygen atoms in total. The van der Waals surface area contributed by atoms with Crippen molar-refractivity contribution in [3.05, 3.63) is 49.1 Å². The fraction of sp³-hybridized carbons (Fsp3) is 0.133. The molecule has 0 fully saturated rings. The average molecular weight is 266 g/mol. The second-order valence-electron chi connectivity index (χ2n) is 4.49. The van der Waals surface area contributed by atoms with Crippen LogP contribution in [0, 0.1) is 0 Å². The van der Waals surface area contributed by atoms with Gasteiger partial charge >= 0.3 is 0 Å². The molecular formula is C15H14N4O. The quantitative estimate of drug-likeness (QED) is 0.684. The van der Waals surface area contributed by atoms with Crippen molar-refractivity contribution in [2.45, 2.75) is 0 Å². The van der Waals surface area contributed by atoms with Gasteiger partial charge in [0.25, 0.3) is 0 Å². The first-order valence-electron chi connectivity index (χ1n) is 6.16. The van der Waals surface area contributed by atoms with E-state index in [2.05, 4.69) is 21.6 Å². The van der Waals surface area contributed by atoms with Crippen molar-refractivity contribution < 1.29 is 4.74 Å². The van der Waals surface area contributed by atoms with Crippen molar-refractivity contribution in [3.63, 3.8) is 0 Å². The third-order valence-electron chi connectivity index (χ3n) is 3.11. The van der Waals surface area contributed by atoms with Gasteiger partial charge < -0.3 is 4.74 Å². The van der Waals surface area contributed by atoms with Crippen LogP contribution in [0.25, 0.3) is 27.9 Å². The molecule has 0 saturated carbocycles. The van der Waals surface area contributed by atoms with Crippen LogP contribution in [0.1, 0.15) is 5.69 Å². The van der Waals surface area contributed by atoms with E-state index in [4.69, 9.17) is 4.74 Å². The molecule has 3 aromatic rings.